The normalized spacial score (nSPS) is 18.0. The van der Waals surface area contributed by atoms with E-state index in [0.717, 1.165) is 36.8 Å². The lowest BCUT2D eigenvalue weighted by Crippen LogP contribution is -2.51. The highest BCUT2D eigenvalue weighted by molar-refractivity contribution is 8.00. The van der Waals surface area contributed by atoms with Crippen molar-refractivity contribution < 1.29 is 9.59 Å². The second-order valence-electron chi connectivity index (χ2n) is 4.87. The van der Waals surface area contributed by atoms with Crippen LogP contribution in [0.1, 0.15) is 0 Å². The summed E-state index contributed by atoms with van der Waals surface area (Å²) in [5, 5.41) is 3.22. The molecule has 0 aromatic heterocycles. The second kappa shape index (κ2) is 7.15. The van der Waals surface area contributed by atoms with E-state index in [1.54, 1.807) is 4.90 Å². The van der Waals surface area contributed by atoms with Crippen LogP contribution in [0.5, 0.6) is 0 Å². The summed E-state index contributed by atoms with van der Waals surface area (Å²) in [5.74, 6) is 0.449. The van der Waals surface area contributed by atoms with Crippen LogP contribution >= 0.6 is 24.2 Å². The number of carbonyl (C=O) groups excluding carboxylic acids is 2. The van der Waals surface area contributed by atoms with Gasteiger partial charge in [0.25, 0.3) is 0 Å². The van der Waals surface area contributed by atoms with Gasteiger partial charge in [0.15, 0.2) is 0 Å². The molecule has 2 aliphatic heterocycles. The molecule has 1 aromatic rings. The van der Waals surface area contributed by atoms with E-state index >= 15 is 0 Å². The molecule has 0 bridgehead atoms. The first kappa shape index (κ1) is 16.1. The second-order valence-corrected chi connectivity index (χ2v) is 5.88. The minimum Gasteiger partial charge on any atom is -0.339 e. The van der Waals surface area contributed by atoms with Crippen molar-refractivity contribution in [2.75, 3.05) is 43.4 Å². The number of nitrogens with zero attached hydrogens (tertiary/aromatic N) is 2. The maximum absolute atomic E-state index is 12.3. The van der Waals surface area contributed by atoms with Gasteiger partial charge in [-0.15, -0.1) is 24.2 Å². The SMILES string of the molecule is Cl.O=C(CN1C(=O)CSc2ccccc21)N1CCNCC1. The Labute approximate surface area is 134 Å². The summed E-state index contributed by atoms with van der Waals surface area (Å²) in [4.78, 5) is 28.9. The average molecular weight is 328 g/mol. The molecule has 1 saturated heterocycles. The van der Waals surface area contributed by atoms with Crippen LogP contribution in [0.4, 0.5) is 5.69 Å². The number of fused-ring (bicyclic) bond motifs is 1. The smallest absolute Gasteiger partial charge is 0.242 e. The van der Waals surface area contributed by atoms with Gasteiger partial charge in [0.2, 0.25) is 11.8 Å². The molecule has 0 atom stereocenters. The van der Waals surface area contributed by atoms with Crippen LogP contribution in [0.3, 0.4) is 0 Å². The molecule has 2 heterocycles. The number of piperazine rings is 1. The third-order valence-corrected chi connectivity index (χ3v) is 4.62. The van der Waals surface area contributed by atoms with Crippen LogP contribution in [-0.2, 0) is 9.59 Å². The number of thioether (sulfide) groups is 1. The van der Waals surface area contributed by atoms with Crippen molar-refractivity contribution in [3.8, 4) is 0 Å². The van der Waals surface area contributed by atoms with Gasteiger partial charge in [-0.25, -0.2) is 0 Å². The first-order valence-electron chi connectivity index (χ1n) is 6.76. The van der Waals surface area contributed by atoms with Gasteiger partial charge in [0, 0.05) is 31.1 Å². The zero-order valence-electron chi connectivity index (χ0n) is 11.6. The van der Waals surface area contributed by atoms with Crippen LogP contribution < -0.4 is 10.2 Å². The summed E-state index contributed by atoms with van der Waals surface area (Å²) in [5.41, 5.74) is 0.859. The van der Waals surface area contributed by atoms with E-state index in [2.05, 4.69) is 5.32 Å². The number of carbonyl (C=O) groups is 2. The van der Waals surface area contributed by atoms with Crippen LogP contribution in [0.25, 0.3) is 0 Å². The maximum atomic E-state index is 12.3. The zero-order valence-corrected chi connectivity index (χ0v) is 13.2. The van der Waals surface area contributed by atoms with E-state index < -0.39 is 0 Å². The van der Waals surface area contributed by atoms with Crippen molar-refractivity contribution in [1.82, 2.24) is 10.2 Å². The third-order valence-electron chi connectivity index (χ3n) is 3.57. The molecule has 21 heavy (non-hydrogen) atoms. The molecule has 2 amide bonds. The lowest BCUT2D eigenvalue weighted by molar-refractivity contribution is -0.131. The number of para-hydroxylation sites is 1. The van der Waals surface area contributed by atoms with E-state index in [1.165, 1.54) is 11.8 Å². The molecule has 1 aromatic carbocycles. The van der Waals surface area contributed by atoms with Gasteiger partial charge in [-0.05, 0) is 12.1 Å². The molecule has 1 N–H and O–H groups in total. The van der Waals surface area contributed by atoms with Crippen molar-refractivity contribution in [2.45, 2.75) is 4.90 Å². The van der Waals surface area contributed by atoms with Crippen LogP contribution in [-0.4, -0.2) is 55.2 Å². The highest BCUT2D eigenvalue weighted by atomic mass is 35.5. The van der Waals surface area contributed by atoms with Crippen molar-refractivity contribution in [3.05, 3.63) is 24.3 Å². The average Bonchev–Trinajstić information content (AvgIpc) is 2.51. The highest BCUT2D eigenvalue weighted by Crippen LogP contribution is 2.34. The first-order valence-corrected chi connectivity index (χ1v) is 7.75. The predicted molar refractivity (Wildman–Crippen MR) is 86.2 cm³/mol. The molecule has 0 aliphatic carbocycles. The molecule has 0 radical (unpaired) electrons. The zero-order chi connectivity index (χ0) is 13.9. The predicted octanol–water partition coefficient (Wildman–Crippen LogP) is 0.979. The Bertz CT molecular complexity index is 535. The lowest BCUT2D eigenvalue weighted by Gasteiger charge is -2.32. The molecule has 0 unspecified atom stereocenters. The van der Waals surface area contributed by atoms with Crippen LogP contribution in [0.2, 0.25) is 0 Å². The van der Waals surface area contributed by atoms with Crippen molar-refractivity contribution in [3.63, 3.8) is 0 Å². The maximum Gasteiger partial charge on any atom is 0.242 e. The van der Waals surface area contributed by atoms with E-state index in [4.69, 9.17) is 0 Å². The number of anilines is 1. The molecule has 1 fully saturated rings. The minimum atomic E-state index is 0. The van der Waals surface area contributed by atoms with Gasteiger partial charge in [0.05, 0.1) is 11.4 Å². The molecule has 0 saturated carbocycles. The third kappa shape index (κ3) is 3.51. The number of benzene rings is 1. The Kier molecular flexibility index (Phi) is 5.50. The number of rotatable bonds is 2. The van der Waals surface area contributed by atoms with E-state index in [0.29, 0.717) is 5.75 Å². The number of hydrogen-bond donors (Lipinski definition) is 1. The summed E-state index contributed by atoms with van der Waals surface area (Å²) < 4.78 is 0. The molecule has 114 valence electrons. The summed E-state index contributed by atoms with van der Waals surface area (Å²) in [7, 11) is 0. The number of nitrogens with one attached hydrogen (secondary N) is 1. The van der Waals surface area contributed by atoms with Gasteiger partial charge in [-0.1, -0.05) is 12.1 Å². The van der Waals surface area contributed by atoms with Crippen molar-refractivity contribution >= 4 is 41.7 Å². The standard InChI is InChI=1S/C14H17N3O2S.ClH/c18-13(16-7-5-15-6-8-16)9-17-11-3-1-2-4-12(11)20-10-14(17)19;/h1-4,15H,5-10H2;1H. The molecule has 7 heteroatoms. The summed E-state index contributed by atoms with van der Waals surface area (Å²) in [6.07, 6.45) is 0. The Balaban J connectivity index is 0.00000161. The molecular formula is C14H18ClN3O2S. The minimum absolute atomic E-state index is 0. The van der Waals surface area contributed by atoms with Gasteiger partial charge in [-0.2, -0.15) is 0 Å². The molecule has 0 spiro atoms. The van der Waals surface area contributed by atoms with Crippen LogP contribution in [0, 0.1) is 0 Å². The molecular weight excluding hydrogens is 310 g/mol. The van der Waals surface area contributed by atoms with Gasteiger partial charge in [0.1, 0.15) is 6.54 Å². The molecule has 2 aliphatic rings. The molecule has 5 nitrogen and oxygen atoms in total. The first-order chi connectivity index (χ1) is 9.75. The largest absolute Gasteiger partial charge is 0.339 e. The van der Waals surface area contributed by atoms with E-state index in [-0.39, 0.29) is 30.8 Å². The molecule has 3 rings (SSSR count). The highest BCUT2D eigenvalue weighted by Gasteiger charge is 2.28. The Hall–Kier alpha value is -1.24. The van der Waals surface area contributed by atoms with Gasteiger partial charge in [-0.3, -0.25) is 9.59 Å². The number of amides is 2. The fourth-order valence-electron chi connectivity index (χ4n) is 2.48. The van der Waals surface area contributed by atoms with E-state index in [9.17, 15) is 9.59 Å². The lowest BCUT2D eigenvalue weighted by atomic mass is 10.2. The summed E-state index contributed by atoms with van der Waals surface area (Å²) in [6.45, 7) is 3.24. The number of hydrogen-bond acceptors (Lipinski definition) is 4. The Morgan fingerprint density at radius 1 is 1.24 bits per heavy atom. The summed E-state index contributed by atoms with van der Waals surface area (Å²) >= 11 is 1.54. The fraction of sp³-hybridized carbons (Fsp3) is 0.429. The van der Waals surface area contributed by atoms with Crippen molar-refractivity contribution in [2.24, 2.45) is 0 Å². The van der Waals surface area contributed by atoms with Crippen molar-refractivity contribution in [1.29, 1.82) is 0 Å². The quantitative estimate of drug-likeness (QED) is 0.880. The monoisotopic (exact) mass is 327 g/mol. The fourth-order valence-corrected chi connectivity index (χ4v) is 3.41. The Morgan fingerprint density at radius 2 is 1.95 bits per heavy atom. The Morgan fingerprint density at radius 3 is 2.71 bits per heavy atom. The summed E-state index contributed by atoms with van der Waals surface area (Å²) in [6, 6.07) is 7.76. The van der Waals surface area contributed by atoms with Gasteiger partial charge >= 0.3 is 0 Å². The van der Waals surface area contributed by atoms with Gasteiger partial charge < -0.3 is 15.1 Å². The topological polar surface area (TPSA) is 52.7 Å². The number of halogens is 1. The van der Waals surface area contributed by atoms with E-state index in [1.807, 2.05) is 29.2 Å². The van der Waals surface area contributed by atoms with Crippen LogP contribution in [0.15, 0.2) is 29.2 Å².